The first-order chi connectivity index (χ1) is 6.12. The minimum atomic E-state index is -1.16. The Labute approximate surface area is 77.4 Å². The average Bonchev–Trinajstić information content (AvgIpc) is 2.62. The van der Waals surface area contributed by atoms with Crippen LogP contribution in [-0.4, -0.2) is 17.4 Å². The summed E-state index contributed by atoms with van der Waals surface area (Å²) < 4.78 is 4.82. The second kappa shape index (κ2) is 2.76. The second-order valence-corrected chi connectivity index (χ2v) is 4.12. The number of carbonyl (C=O) groups is 1. The standard InChI is InChI=1S/C10H14O3/c1-7(13-9(11)12)10-4-2-8(6-10)3-5-10/h2,4,7-8H,3,5-6H2,1H3,(H,11,12). The zero-order valence-corrected chi connectivity index (χ0v) is 7.69. The first-order valence-electron chi connectivity index (χ1n) is 4.71. The van der Waals surface area contributed by atoms with E-state index >= 15 is 0 Å². The number of hydrogen-bond acceptors (Lipinski definition) is 2. The lowest BCUT2D eigenvalue weighted by Crippen LogP contribution is -2.31. The molecule has 0 heterocycles. The lowest BCUT2D eigenvalue weighted by molar-refractivity contribution is 0.0123. The van der Waals surface area contributed by atoms with Crippen LogP contribution in [0.25, 0.3) is 0 Å². The summed E-state index contributed by atoms with van der Waals surface area (Å²) in [6, 6.07) is 0. The van der Waals surface area contributed by atoms with Gasteiger partial charge in [-0.1, -0.05) is 12.2 Å². The van der Waals surface area contributed by atoms with Gasteiger partial charge >= 0.3 is 6.16 Å². The first-order valence-corrected chi connectivity index (χ1v) is 4.71. The largest absolute Gasteiger partial charge is 0.506 e. The highest BCUT2D eigenvalue weighted by Crippen LogP contribution is 2.51. The highest BCUT2D eigenvalue weighted by molar-refractivity contribution is 5.57. The summed E-state index contributed by atoms with van der Waals surface area (Å²) in [5.41, 5.74) is 0.0169. The van der Waals surface area contributed by atoms with Crippen LogP contribution in [-0.2, 0) is 4.74 Å². The molecule has 2 bridgehead atoms. The Kier molecular flexibility index (Phi) is 1.82. The number of ether oxygens (including phenoxy) is 1. The molecule has 0 aromatic heterocycles. The molecule has 0 radical (unpaired) electrons. The minimum Gasteiger partial charge on any atom is -0.450 e. The van der Waals surface area contributed by atoms with Crippen molar-refractivity contribution >= 4 is 6.16 Å². The van der Waals surface area contributed by atoms with Crippen molar-refractivity contribution in [2.45, 2.75) is 32.3 Å². The van der Waals surface area contributed by atoms with E-state index in [1.54, 1.807) is 0 Å². The molecular weight excluding hydrogens is 168 g/mol. The molecule has 3 nitrogen and oxygen atoms in total. The van der Waals surface area contributed by atoms with Crippen LogP contribution in [0.5, 0.6) is 0 Å². The summed E-state index contributed by atoms with van der Waals surface area (Å²) in [6.45, 7) is 1.85. The molecule has 0 aromatic rings. The van der Waals surface area contributed by atoms with Gasteiger partial charge in [-0.05, 0) is 32.1 Å². The van der Waals surface area contributed by atoms with Gasteiger partial charge in [-0.2, -0.15) is 0 Å². The van der Waals surface area contributed by atoms with E-state index in [0.717, 1.165) is 12.8 Å². The van der Waals surface area contributed by atoms with E-state index in [0.29, 0.717) is 5.92 Å². The van der Waals surface area contributed by atoms with Crippen molar-refractivity contribution in [2.24, 2.45) is 11.3 Å². The van der Waals surface area contributed by atoms with Crippen molar-refractivity contribution in [3.8, 4) is 0 Å². The molecule has 3 unspecified atom stereocenters. The fourth-order valence-electron chi connectivity index (χ4n) is 2.56. The van der Waals surface area contributed by atoms with Crippen molar-refractivity contribution < 1.29 is 14.6 Å². The lowest BCUT2D eigenvalue weighted by Gasteiger charge is -2.29. The summed E-state index contributed by atoms with van der Waals surface area (Å²) in [4.78, 5) is 10.4. The number of hydrogen-bond donors (Lipinski definition) is 1. The van der Waals surface area contributed by atoms with Gasteiger partial charge in [0, 0.05) is 5.41 Å². The van der Waals surface area contributed by atoms with Crippen LogP contribution in [0.15, 0.2) is 12.2 Å². The van der Waals surface area contributed by atoms with Gasteiger partial charge in [0.1, 0.15) is 6.10 Å². The SMILES string of the molecule is CC(OC(=O)O)C12C=CC(CC1)C2. The molecule has 1 saturated carbocycles. The van der Waals surface area contributed by atoms with E-state index < -0.39 is 6.16 Å². The second-order valence-electron chi connectivity index (χ2n) is 4.12. The summed E-state index contributed by atoms with van der Waals surface area (Å²) >= 11 is 0. The molecule has 3 heteroatoms. The maximum atomic E-state index is 10.4. The van der Waals surface area contributed by atoms with Gasteiger partial charge in [0.15, 0.2) is 0 Å². The summed E-state index contributed by atoms with van der Waals surface area (Å²) in [5.74, 6) is 0.667. The van der Waals surface area contributed by atoms with Gasteiger partial charge < -0.3 is 9.84 Å². The molecular formula is C10H14O3. The quantitative estimate of drug-likeness (QED) is 0.527. The topological polar surface area (TPSA) is 46.5 Å². The molecule has 2 aliphatic rings. The van der Waals surface area contributed by atoms with Gasteiger partial charge in [-0.25, -0.2) is 4.79 Å². The van der Waals surface area contributed by atoms with Crippen molar-refractivity contribution in [3.05, 3.63) is 12.2 Å². The van der Waals surface area contributed by atoms with Crippen LogP contribution < -0.4 is 0 Å². The van der Waals surface area contributed by atoms with E-state index in [9.17, 15) is 4.79 Å². The monoisotopic (exact) mass is 182 g/mol. The summed E-state index contributed by atoms with van der Waals surface area (Å²) in [5, 5.41) is 8.52. The molecule has 3 atom stereocenters. The number of fused-ring (bicyclic) bond motifs is 2. The van der Waals surface area contributed by atoms with Gasteiger partial charge in [0.05, 0.1) is 0 Å². The highest BCUT2D eigenvalue weighted by Gasteiger charge is 2.46. The molecule has 2 aliphatic carbocycles. The van der Waals surface area contributed by atoms with Gasteiger partial charge in [0.2, 0.25) is 0 Å². The molecule has 1 N–H and O–H groups in total. The number of rotatable bonds is 2. The zero-order chi connectivity index (χ0) is 9.47. The Morgan fingerprint density at radius 2 is 2.54 bits per heavy atom. The van der Waals surface area contributed by atoms with E-state index in [1.807, 2.05) is 6.92 Å². The molecule has 72 valence electrons. The van der Waals surface area contributed by atoms with Crippen molar-refractivity contribution in [2.75, 3.05) is 0 Å². The fourth-order valence-corrected chi connectivity index (χ4v) is 2.56. The minimum absolute atomic E-state index is 0.0169. The number of carboxylic acid groups (broad SMARTS) is 1. The van der Waals surface area contributed by atoms with Crippen LogP contribution in [0.3, 0.4) is 0 Å². The Balaban J connectivity index is 2.07. The Bertz CT molecular complexity index is 259. The lowest BCUT2D eigenvalue weighted by atomic mass is 9.82. The van der Waals surface area contributed by atoms with Crippen LogP contribution in [0.2, 0.25) is 0 Å². The summed E-state index contributed by atoms with van der Waals surface area (Å²) in [7, 11) is 0. The maximum absolute atomic E-state index is 10.4. The first kappa shape index (κ1) is 8.60. The van der Waals surface area contributed by atoms with E-state index in [4.69, 9.17) is 9.84 Å². The van der Waals surface area contributed by atoms with Crippen LogP contribution in [0.1, 0.15) is 26.2 Å². The van der Waals surface area contributed by atoms with E-state index in [1.165, 1.54) is 6.42 Å². The molecule has 0 aromatic carbocycles. The average molecular weight is 182 g/mol. The third kappa shape index (κ3) is 1.32. The Morgan fingerprint density at radius 3 is 2.92 bits per heavy atom. The zero-order valence-electron chi connectivity index (χ0n) is 7.69. The molecule has 0 amide bonds. The van der Waals surface area contributed by atoms with Crippen LogP contribution in [0, 0.1) is 11.3 Å². The predicted molar refractivity (Wildman–Crippen MR) is 47.5 cm³/mol. The molecule has 13 heavy (non-hydrogen) atoms. The molecule has 0 aliphatic heterocycles. The van der Waals surface area contributed by atoms with Crippen molar-refractivity contribution in [1.82, 2.24) is 0 Å². The van der Waals surface area contributed by atoms with Gasteiger partial charge in [-0.15, -0.1) is 0 Å². The summed E-state index contributed by atoms with van der Waals surface area (Å²) in [6.07, 6.45) is 6.31. The fraction of sp³-hybridized carbons (Fsp3) is 0.700. The maximum Gasteiger partial charge on any atom is 0.506 e. The normalized spacial score (nSPS) is 37.8. The molecule has 1 fully saturated rings. The van der Waals surface area contributed by atoms with Gasteiger partial charge in [-0.3, -0.25) is 0 Å². The third-order valence-electron chi connectivity index (χ3n) is 3.41. The number of allylic oxidation sites excluding steroid dienone is 1. The van der Waals surface area contributed by atoms with Gasteiger partial charge in [0.25, 0.3) is 0 Å². The van der Waals surface area contributed by atoms with Crippen molar-refractivity contribution in [3.63, 3.8) is 0 Å². The predicted octanol–water partition coefficient (Wildman–Crippen LogP) is 2.43. The molecule has 0 saturated heterocycles. The Morgan fingerprint density at radius 1 is 1.77 bits per heavy atom. The van der Waals surface area contributed by atoms with Crippen LogP contribution in [0.4, 0.5) is 4.79 Å². The van der Waals surface area contributed by atoms with E-state index in [-0.39, 0.29) is 11.5 Å². The van der Waals surface area contributed by atoms with E-state index in [2.05, 4.69) is 12.2 Å². The molecule has 2 rings (SSSR count). The molecule has 0 spiro atoms. The smallest absolute Gasteiger partial charge is 0.450 e. The van der Waals surface area contributed by atoms with Crippen LogP contribution >= 0.6 is 0 Å². The third-order valence-corrected chi connectivity index (χ3v) is 3.41. The Hall–Kier alpha value is -0.990. The highest BCUT2D eigenvalue weighted by atomic mass is 16.7. The van der Waals surface area contributed by atoms with Crippen molar-refractivity contribution in [1.29, 1.82) is 0 Å².